The monoisotopic (exact) mass is 259 g/mol. The van der Waals surface area contributed by atoms with Crippen LogP contribution >= 0.6 is 11.6 Å². The fourth-order valence-corrected chi connectivity index (χ4v) is 2.95. The number of piperazine rings is 1. The molecular formula is C12H22ClN3O. The summed E-state index contributed by atoms with van der Waals surface area (Å²) < 4.78 is 0. The number of hydrogen-bond donors (Lipinski definition) is 0. The Kier molecular flexibility index (Phi) is 4.65. The summed E-state index contributed by atoms with van der Waals surface area (Å²) in [5, 5.41) is 0. The molecule has 2 aliphatic rings. The molecule has 0 spiro atoms. The Hall–Kier alpha value is -0.320. The second kappa shape index (κ2) is 6.03. The fraction of sp³-hybridized carbons (Fsp3) is 0.917. The zero-order valence-corrected chi connectivity index (χ0v) is 11.3. The van der Waals surface area contributed by atoms with Crippen LogP contribution in [0.25, 0.3) is 0 Å². The number of likely N-dealkylation sites (tertiary alicyclic amines) is 1. The first-order valence-electron chi connectivity index (χ1n) is 6.47. The number of carbonyl (C=O) groups is 1. The molecule has 2 saturated heterocycles. The van der Waals surface area contributed by atoms with Gasteiger partial charge in [-0.15, -0.1) is 11.6 Å². The van der Waals surface area contributed by atoms with Gasteiger partial charge in [0.05, 0.1) is 0 Å². The number of rotatable bonds is 2. The zero-order valence-electron chi connectivity index (χ0n) is 10.6. The van der Waals surface area contributed by atoms with Gasteiger partial charge >= 0.3 is 0 Å². The lowest BCUT2D eigenvalue weighted by Crippen LogP contribution is -2.54. The largest absolute Gasteiger partial charge is 0.339 e. The highest BCUT2D eigenvalue weighted by atomic mass is 35.5. The lowest BCUT2D eigenvalue weighted by atomic mass is 10.0. The van der Waals surface area contributed by atoms with Crippen molar-refractivity contribution in [1.29, 1.82) is 0 Å². The van der Waals surface area contributed by atoms with Crippen molar-refractivity contribution in [3.63, 3.8) is 0 Å². The average molecular weight is 260 g/mol. The molecule has 0 N–H and O–H groups in total. The molecule has 0 unspecified atom stereocenters. The first kappa shape index (κ1) is 13.1. The van der Waals surface area contributed by atoms with Gasteiger partial charge in [-0.3, -0.25) is 9.69 Å². The Balaban J connectivity index is 1.77. The van der Waals surface area contributed by atoms with Crippen molar-refractivity contribution in [3.05, 3.63) is 0 Å². The molecule has 0 bridgehead atoms. The minimum absolute atomic E-state index is 0.0784. The van der Waals surface area contributed by atoms with E-state index >= 15 is 0 Å². The molecule has 2 rings (SSSR count). The van der Waals surface area contributed by atoms with Gasteiger partial charge in [0.25, 0.3) is 0 Å². The van der Waals surface area contributed by atoms with Crippen LogP contribution in [0.1, 0.15) is 12.8 Å². The maximum absolute atomic E-state index is 11.5. The zero-order chi connectivity index (χ0) is 12.3. The van der Waals surface area contributed by atoms with Crippen molar-refractivity contribution >= 4 is 17.5 Å². The summed E-state index contributed by atoms with van der Waals surface area (Å²) in [5.74, 6) is 0.198. The Morgan fingerprint density at radius 1 is 1.12 bits per heavy atom. The van der Waals surface area contributed by atoms with Crippen LogP contribution in [0.15, 0.2) is 0 Å². The molecule has 0 aromatic rings. The van der Waals surface area contributed by atoms with E-state index in [4.69, 9.17) is 11.6 Å². The number of amides is 1. The van der Waals surface area contributed by atoms with Crippen LogP contribution in [-0.2, 0) is 4.79 Å². The Morgan fingerprint density at radius 2 is 1.71 bits per heavy atom. The van der Waals surface area contributed by atoms with Crippen LogP contribution in [0.2, 0.25) is 0 Å². The summed E-state index contributed by atoms with van der Waals surface area (Å²) in [6.07, 6.45) is 2.53. The lowest BCUT2D eigenvalue weighted by Gasteiger charge is -2.42. The molecule has 0 aliphatic carbocycles. The molecule has 0 radical (unpaired) electrons. The molecule has 2 aliphatic heterocycles. The van der Waals surface area contributed by atoms with Gasteiger partial charge in [-0.1, -0.05) is 0 Å². The van der Waals surface area contributed by atoms with Gasteiger partial charge in [0.1, 0.15) is 5.88 Å². The number of halogens is 1. The molecule has 5 heteroatoms. The Bertz CT molecular complexity index is 258. The van der Waals surface area contributed by atoms with Crippen LogP contribution in [0.5, 0.6) is 0 Å². The van der Waals surface area contributed by atoms with Crippen molar-refractivity contribution in [2.24, 2.45) is 0 Å². The van der Waals surface area contributed by atoms with Crippen LogP contribution in [0.3, 0.4) is 0 Å². The number of carbonyl (C=O) groups excluding carboxylic acids is 1. The van der Waals surface area contributed by atoms with E-state index in [9.17, 15) is 4.79 Å². The van der Waals surface area contributed by atoms with Gasteiger partial charge in [-0.05, 0) is 33.0 Å². The maximum atomic E-state index is 11.5. The third kappa shape index (κ3) is 3.33. The quantitative estimate of drug-likeness (QED) is 0.675. The molecule has 0 atom stereocenters. The fourth-order valence-electron chi connectivity index (χ4n) is 2.78. The topological polar surface area (TPSA) is 26.8 Å². The molecule has 0 saturated carbocycles. The summed E-state index contributed by atoms with van der Waals surface area (Å²) in [6.45, 7) is 6.11. The van der Waals surface area contributed by atoms with Gasteiger partial charge in [0, 0.05) is 32.2 Å². The van der Waals surface area contributed by atoms with E-state index in [0.29, 0.717) is 0 Å². The van der Waals surface area contributed by atoms with Crippen LogP contribution < -0.4 is 0 Å². The molecule has 4 nitrogen and oxygen atoms in total. The predicted molar refractivity (Wildman–Crippen MR) is 69.4 cm³/mol. The van der Waals surface area contributed by atoms with Crippen molar-refractivity contribution in [2.75, 3.05) is 52.2 Å². The normalized spacial score (nSPS) is 25.2. The third-order valence-corrected chi connectivity index (χ3v) is 4.21. The molecule has 0 aromatic heterocycles. The van der Waals surface area contributed by atoms with Crippen molar-refractivity contribution < 1.29 is 4.79 Å². The number of hydrogen-bond acceptors (Lipinski definition) is 3. The first-order chi connectivity index (χ1) is 8.20. The number of nitrogens with zero attached hydrogens (tertiary/aromatic N) is 3. The third-order valence-electron chi connectivity index (χ3n) is 3.99. The summed E-state index contributed by atoms with van der Waals surface area (Å²) in [6, 6.07) is 0.722. The number of alkyl halides is 1. The van der Waals surface area contributed by atoms with Crippen molar-refractivity contribution in [2.45, 2.75) is 18.9 Å². The minimum atomic E-state index is 0.0784. The van der Waals surface area contributed by atoms with E-state index < -0.39 is 0 Å². The highest BCUT2D eigenvalue weighted by Gasteiger charge is 2.27. The van der Waals surface area contributed by atoms with Gasteiger partial charge in [0.2, 0.25) is 5.91 Å². The second-order valence-electron chi connectivity index (χ2n) is 5.08. The molecule has 17 heavy (non-hydrogen) atoms. The summed E-state index contributed by atoms with van der Waals surface area (Å²) >= 11 is 5.58. The molecular weight excluding hydrogens is 238 g/mol. The van der Waals surface area contributed by atoms with Gasteiger partial charge < -0.3 is 9.80 Å². The summed E-state index contributed by atoms with van der Waals surface area (Å²) in [5.41, 5.74) is 0. The van der Waals surface area contributed by atoms with E-state index in [0.717, 1.165) is 32.2 Å². The van der Waals surface area contributed by atoms with Crippen LogP contribution in [0.4, 0.5) is 0 Å². The second-order valence-corrected chi connectivity index (χ2v) is 5.35. The Labute approximate surface area is 108 Å². The molecule has 98 valence electrons. The van der Waals surface area contributed by atoms with E-state index in [1.165, 1.54) is 25.9 Å². The molecule has 2 fully saturated rings. The summed E-state index contributed by atoms with van der Waals surface area (Å²) in [4.78, 5) is 18.3. The minimum Gasteiger partial charge on any atom is -0.339 e. The lowest BCUT2D eigenvalue weighted by molar-refractivity contribution is -0.130. The van der Waals surface area contributed by atoms with Crippen LogP contribution in [-0.4, -0.2) is 78.8 Å². The molecule has 2 heterocycles. The maximum Gasteiger partial charge on any atom is 0.237 e. The van der Waals surface area contributed by atoms with Gasteiger partial charge in [-0.2, -0.15) is 0 Å². The van der Waals surface area contributed by atoms with E-state index in [1.54, 1.807) is 0 Å². The van der Waals surface area contributed by atoms with E-state index in [-0.39, 0.29) is 11.8 Å². The first-order valence-corrected chi connectivity index (χ1v) is 7.00. The highest BCUT2D eigenvalue weighted by Crippen LogP contribution is 2.17. The Morgan fingerprint density at radius 3 is 2.24 bits per heavy atom. The standard InChI is InChI=1S/C12H22ClN3O/c1-14-4-2-11(3-5-14)15-6-8-16(9-7-15)12(17)10-13/h11H,2-10H2,1H3. The molecule has 1 amide bonds. The summed E-state index contributed by atoms with van der Waals surface area (Å²) in [7, 11) is 2.19. The highest BCUT2D eigenvalue weighted by molar-refractivity contribution is 6.27. The average Bonchev–Trinajstić information content (AvgIpc) is 2.39. The predicted octanol–water partition coefficient (Wildman–Crippen LogP) is 0.464. The van der Waals surface area contributed by atoms with Crippen molar-refractivity contribution in [1.82, 2.24) is 14.7 Å². The smallest absolute Gasteiger partial charge is 0.237 e. The van der Waals surface area contributed by atoms with Gasteiger partial charge in [0.15, 0.2) is 0 Å². The van der Waals surface area contributed by atoms with Gasteiger partial charge in [-0.25, -0.2) is 0 Å². The van der Waals surface area contributed by atoms with Crippen molar-refractivity contribution in [3.8, 4) is 0 Å². The SMILES string of the molecule is CN1CCC(N2CCN(C(=O)CCl)CC2)CC1. The van der Waals surface area contributed by atoms with E-state index in [2.05, 4.69) is 16.8 Å². The van der Waals surface area contributed by atoms with Crippen LogP contribution in [0, 0.1) is 0 Å². The molecule has 0 aromatic carbocycles. The number of piperidine rings is 1. The van der Waals surface area contributed by atoms with E-state index in [1.807, 2.05) is 4.90 Å².